The van der Waals surface area contributed by atoms with Crippen molar-refractivity contribution >= 4 is 109 Å². The van der Waals surface area contributed by atoms with Crippen molar-refractivity contribution < 1.29 is 4.42 Å². The van der Waals surface area contributed by atoms with Gasteiger partial charge in [-0.25, -0.2) is 4.98 Å². The van der Waals surface area contributed by atoms with Crippen LogP contribution >= 0.6 is 22.9 Å². The molecule has 0 aliphatic carbocycles. The van der Waals surface area contributed by atoms with Crippen LogP contribution in [0.5, 0.6) is 0 Å². The molecule has 0 saturated heterocycles. The number of para-hydroxylation sites is 2. The molecule has 0 unspecified atom stereocenters. The molecule has 0 spiro atoms. The minimum Gasteiger partial charge on any atom is -0.450 e. The Kier molecular flexibility index (Phi) is 4.36. The highest BCUT2D eigenvalue weighted by atomic mass is 35.5. The lowest BCUT2D eigenvalue weighted by atomic mass is 9.99. The number of benzene rings is 6. The largest absolute Gasteiger partial charge is 0.450 e. The first kappa shape index (κ1) is 22.7. The molecular weight excluding hydrogens is 558 g/mol. The van der Waals surface area contributed by atoms with Crippen molar-refractivity contribution in [1.82, 2.24) is 14.5 Å². The molecule has 0 aliphatic heterocycles. The van der Waals surface area contributed by atoms with E-state index in [-0.39, 0.29) is 5.28 Å². The minimum atomic E-state index is 0.188. The van der Waals surface area contributed by atoms with Crippen LogP contribution in [-0.4, -0.2) is 14.5 Å². The number of aromatic nitrogens is 3. The molecule has 42 heavy (non-hydrogen) atoms. The molecule has 10 rings (SSSR count). The maximum Gasteiger partial charge on any atom is 0.225 e. The van der Waals surface area contributed by atoms with Gasteiger partial charge in [0.2, 0.25) is 5.28 Å². The van der Waals surface area contributed by atoms with E-state index in [2.05, 4.69) is 94.5 Å². The van der Waals surface area contributed by atoms with Gasteiger partial charge in [-0.1, -0.05) is 91.0 Å². The van der Waals surface area contributed by atoms with E-state index in [1.54, 1.807) is 0 Å². The third-order valence-corrected chi connectivity index (χ3v) is 9.96. The Hall–Kier alpha value is -4.97. The molecule has 0 aliphatic rings. The standard InChI is InChI=1S/C36H18ClN3OS/c37-36-38-30-24-14-6-8-16-27(24)41-32(30)35(39-36)40-26-15-7-5-13-23(26)28-21-11-3-4-12-22(21)34-29(31(28)40)25-18-17-19-9-1-2-10-20(19)33(25)42-34/h1-18H. The van der Waals surface area contributed by atoms with Crippen molar-refractivity contribution in [2.24, 2.45) is 0 Å². The average Bonchev–Trinajstić information content (AvgIpc) is 3.71. The first-order valence-electron chi connectivity index (χ1n) is 13.8. The van der Waals surface area contributed by atoms with Gasteiger partial charge in [0.15, 0.2) is 11.4 Å². The van der Waals surface area contributed by atoms with Gasteiger partial charge in [-0.3, -0.25) is 4.57 Å². The molecule has 0 radical (unpaired) electrons. The van der Waals surface area contributed by atoms with Crippen molar-refractivity contribution in [3.8, 4) is 5.82 Å². The number of fused-ring (bicyclic) bond motifs is 15. The van der Waals surface area contributed by atoms with Crippen LogP contribution in [-0.2, 0) is 0 Å². The van der Waals surface area contributed by atoms with E-state index >= 15 is 0 Å². The Balaban J connectivity index is 1.53. The van der Waals surface area contributed by atoms with E-state index < -0.39 is 0 Å². The summed E-state index contributed by atoms with van der Waals surface area (Å²) < 4.78 is 11.3. The number of thiophene rings is 1. The molecule has 0 amide bonds. The lowest BCUT2D eigenvalue weighted by molar-refractivity contribution is 0.662. The fourth-order valence-corrected chi connectivity index (χ4v) is 8.36. The third kappa shape index (κ3) is 2.82. The maximum absolute atomic E-state index is 6.68. The van der Waals surface area contributed by atoms with Crippen LogP contribution in [0.4, 0.5) is 0 Å². The van der Waals surface area contributed by atoms with E-state index in [1.807, 2.05) is 35.6 Å². The van der Waals surface area contributed by atoms with E-state index in [0.29, 0.717) is 16.9 Å². The van der Waals surface area contributed by atoms with E-state index in [4.69, 9.17) is 21.0 Å². The molecule has 0 atom stereocenters. The van der Waals surface area contributed by atoms with Crippen molar-refractivity contribution in [2.45, 2.75) is 0 Å². The predicted molar refractivity (Wildman–Crippen MR) is 177 cm³/mol. The Morgan fingerprint density at radius 3 is 2.19 bits per heavy atom. The molecule has 0 saturated carbocycles. The summed E-state index contributed by atoms with van der Waals surface area (Å²) >= 11 is 8.54. The maximum atomic E-state index is 6.68. The number of hydrogen-bond acceptors (Lipinski definition) is 4. The van der Waals surface area contributed by atoms with Crippen molar-refractivity contribution in [2.75, 3.05) is 0 Å². The van der Waals surface area contributed by atoms with Crippen LogP contribution in [0.1, 0.15) is 0 Å². The highest BCUT2D eigenvalue weighted by Gasteiger charge is 2.25. The SMILES string of the molecule is Clc1nc(-n2c3ccccc3c3c4ccccc4c4sc5c6ccccc6ccc5c4c32)c2oc3ccccc3c2n1. The molecule has 4 nitrogen and oxygen atoms in total. The zero-order chi connectivity index (χ0) is 27.5. The topological polar surface area (TPSA) is 43.9 Å². The van der Waals surface area contributed by atoms with Crippen LogP contribution in [0.25, 0.3) is 91.4 Å². The number of furan rings is 1. The van der Waals surface area contributed by atoms with Gasteiger partial charge in [0.1, 0.15) is 11.1 Å². The van der Waals surface area contributed by atoms with E-state index in [9.17, 15) is 0 Å². The normalized spacial score (nSPS) is 12.4. The van der Waals surface area contributed by atoms with Crippen LogP contribution in [0.2, 0.25) is 5.28 Å². The summed E-state index contributed by atoms with van der Waals surface area (Å²) in [5.41, 5.74) is 4.23. The third-order valence-electron chi connectivity index (χ3n) is 8.52. The summed E-state index contributed by atoms with van der Waals surface area (Å²) in [7, 11) is 0. The molecule has 6 aromatic carbocycles. The number of halogens is 1. The summed E-state index contributed by atoms with van der Waals surface area (Å²) in [4.78, 5) is 9.50. The Morgan fingerprint density at radius 2 is 1.31 bits per heavy atom. The Morgan fingerprint density at radius 1 is 0.595 bits per heavy atom. The summed E-state index contributed by atoms with van der Waals surface area (Å²) in [6, 6.07) is 38.4. The first-order valence-corrected chi connectivity index (χ1v) is 15.0. The molecule has 6 heteroatoms. The highest BCUT2D eigenvalue weighted by Crippen LogP contribution is 2.49. The minimum absolute atomic E-state index is 0.188. The van der Waals surface area contributed by atoms with Gasteiger partial charge in [-0.2, -0.15) is 4.98 Å². The molecule has 4 aromatic heterocycles. The first-order chi connectivity index (χ1) is 20.8. The smallest absolute Gasteiger partial charge is 0.225 e. The molecule has 4 heterocycles. The highest BCUT2D eigenvalue weighted by molar-refractivity contribution is 7.27. The van der Waals surface area contributed by atoms with E-state index in [0.717, 1.165) is 27.4 Å². The number of nitrogens with zero attached hydrogens (tertiary/aromatic N) is 3. The van der Waals surface area contributed by atoms with Gasteiger partial charge >= 0.3 is 0 Å². The Labute approximate surface area is 247 Å². The fourth-order valence-electron chi connectivity index (χ4n) is 6.82. The van der Waals surface area contributed by atoms with Gasteiger partial charge in [-0.05, 0) is 46.0 Å². The van der Waals surface area contributed by atoms with Gasteiger partial charge in [0.25, 0.3) is 0 Å². The second kappa shape index (κ2) is 8.07. The summed E-state index contributed by atoms with van der Waals surface area (Å²) in [5.74, 6) is 0.643. The monoisotopic (exact) mass is 575 g/mol. The predicted octanol–water partition coefficient (Wildman–Crippen LogP) is 10.8. The molecule has 0 N–H and O–H groups in total. The number of rotatable bonds is 1. The summed E-state index contributed by atoms with van der Waals surface area (Å²) in [6.45, 7) is 0. The zero-order valence-corrected chi connectivity index (χ0v) is 23.5. The lowest BCUT2D eigenvalue weighted by Gasteiger charge is -2.10. The molecule has 0 fully saturated rings. The van der Waals surface area contributed by atoms with Gasteiger partial charge < -0.3 is 4.42 Å². The second-order valence-electron chi connectivity index (χ2n) is 10.7. The zero-order valence-electron chi connectivity index (χ0n) is 21.9. The van der Waals surface area contributed by atoms with Crippen LogP contribution < -0.4 is 0 Å². The molecule has 196 valence electrons. The second-order valence-corrected chi connectivity index (χ2v) is 12.0. The molecule has 10 aromatic rings. The van der Waals surface area contributed by atoms with Gasteiger partial charge in [-0.15, -0.1) is 11.3 Å². The summed E-state index contributed by atoms with van der Waals surface area (Å²) in [6.07, 6.45) is 0. The summed E-state index contributed by atoms with van der Waals surface area (Å²) in [5, 5.41) is 10.9. The average molecular weight is 576 g/mol. The van der Waals surface area contributed by atoms with Crippen LogP contribution in [0.3, 0.4) is 0 Å². The molecule has 0 bridgehead atoms. The van der Waals surface area contributed by atoms with Gasteiger partial charge in [0, 0.05) is 41.7 Å². The Bertz CT molecular complexity index is 2770. The molecular formula is C36H18ClN3OS. The lowest BCUT2D eigenvalue weighted by Crippen LogP contribution is -2.00. The number of hydrogen-bond donors (Lipinski definition) is 0. The fraction of sp³-hybridized carbons (Fsp3) is 0. The van der Waals surface area contributed by atoms with Crippen molar-refractivity contribution in [3.63, 3.8) is 0 Å². The van der Waals surface area contributed by atoms with Gasteiger partial charge in [0.05, 0.1) is 11.0 Å². The van der Waals surface area contributed by atoms with Crippen LogP contribution in [0.15, 0.2) is 114 Å². The quantitative estimate of drug-likeness (QED) is 0.183. The van der Waals surface area contributed by atoms with Crippen LogP contribution in [0, 0.1) is 0 Å². The van der Waals surface area contributed by atoms with E-state index in [1.165, 1.54) is 47.1 Å². The van der Waals surface area contributed by atoms with Crippen molar-refractivity contribution in [1.29, 1.82) is 0 Å². The van der Waals surface area contributed by atoms with Crippen molar-refractivity contribution in [3.05, 3.63) is 114 Å².